The minimum atomic E-state index is -0.0481. The van der Waals surface area contributed by atoms with Crippen LogP contribution < -0.4 is 11.3 Å². The molecule has 0 spiro atoms. The standard InChI is InChI=1S/C17H21ClN2/c1-10-5-6-14(18)9-16(10)17(20-19)15-8-12(3)11(2)7-13(15)4/h5-9,17,20H,19H2,1-4H3. The molecular weight excluding hydrogens is 268 g/mol. The second-order valence-electron chi connectivity index (χ2n) is 5.39. The van der Waals surface area contributed by atoms with Gasteiger partial charge in [-0.1, -0.05) is 29.8 Å². The number of benzene rings is 2. The molecule has 0 fully saturated rings. The molecule has 2 aromatic rings. The molecule has 0 aliphatic carbocycles. The Kier molecular flexibility index (Phi) is 4.48. The number of hydrazine groups is 1. The zero-order valence-electron chi connectivity index (χ0n) is 12.4. The van der Waals surface area contributed by atoms with Gasteiger partial charge < -0.3 is 0 Å². The van der Waals surface area contributed by atoms with Crippen LogP contribution in [0.25, 0.3) is 0 Å². The van der Waals surface area contributed by atoms with Gasteiger partial charge in [-0.2, -0.15) is 0 Å². The lowest BCUT2D eigenvalue weighted by Crippen LogP contribution is -2.30. The Hall–Kier alpha value is -1.35. The van der Waals surface area contributed by atoms with Gasteiger partial charge in [-0.15, -0.1) is 0 Å². The first-order valence-electron chi connectivity index (χ1n) is 6.74. The van der Waals surface area contributed by atoms with E-state index in [9.17, 15) is 0 Å². The molecule has 1 atom stereocenters. The van der Waals surface area contributed by atoms with E-state index in [-0.39, 0.29) is 6.04 Å². The van der Waals surface area contributed by atoms with E-state index in [2.05, 4.69) is 45.3 Å². The number of nitrogens with two attached hydrogens (primary N) is 1. The van der Waals surface area contributed by atoms with E-state index >= 15 is 0 Å². The highest BCUT2D eigenvalue weighted by molar-refractivity contribution is 6.30. The third kappa shape index (κ3) is 2.88. The fraction of sp³-hybridized carbons (Fsp3) is 0.294. The van der Waals surface area contributed by atoms with Crippen molar-refractivity contribution in [2.75, 3.05) is 0 Å². The molecule has 0 amide bonds. The molecule has 3 heteroatoms. The molecule has 2 aromatic carbocycles. The van der Waals surface area contributed by atoms with Crippen LogP contribution in [0.3, 0.4) is 0 Å². The molecule has 1 unspecified atom stereocenters. The summed E-state index contributed by atoms with van der Waals surface area (Å²) in [4.78, 5) is 0. The lowest BCUT2D eigenvalue weighted by Gasteiger charge is -2.22. The average molecular weight is 289 g/mol. The van der Waals surface area contributed by atoms with Crippen molar-refractivity contribution in [2.24, 2.45) is 5.84 Å². The summed E-state index contributed by atoms with van der Waals surface area (Å²) >= 11 is 6.13. The fourth-order valence-corrected chi connectivity index (χ4v) is 2.74. The monoisotopic (exact) mass is 288 g/mol. The minimum absolute atomic E-state index is 0.0481. The van der Waals surface area contributed by atoms with E-state index in [1.165, 1.54) is 27.8 Å². The van der Waals surface area contributed by atoms with Crippen molar-refractivity contribution in [1.82, 2.24) is 5.43 Å². The van der Waals surface area contributed by atoms with E-state index in [1.54, 1.807) is 0 Å². The molecule has 0 heterocycles. The van der Waals surface area contributed by atoms with Crippen molar-refractivity contribution < 1.29 is 0 Å². The van der Waals surface area contributed by atoms with Crippen LogP contribution in [0.4, 0.5) is 0 Å². The van der Waals surface area contributed by atoms with Crippen LogP contribution in [0.5, 0.6) is 0 Å². The second-order valence-corrected chi connectivity index (χ2v) is 5.83. The van der Waals surface area contributed by atoms with Crippen molar-refractivity contribution in [3.05, 3.63) is 68.7 Å². The number of halogens is 1. The van der Waals surface area contributed by atoms with Gasteiger partial charge in [0.1, 0.15) is 0 Å². The van der Waals surface area contributed by atoms with Crippen molar-refractivity contribution >= 4 is 11.6 Å². The number of hydrogen-bond acceptors (Lipinski definition) is 2. The summed E-state index contributed by atoms with van der Waals surface area (Å²) in [5.41, 5.74) is 10.2. The van der Waals surface area contributed by atoms with Crippen LogP contribution >= 0.6 is 11.6 Å². The zero-order chi connectivity index (χ0) is 14.9. The Balaban J connectivity index is 2.58. The summed E-state index contributed by atoms with van der Waals surface area (Å²) in [5.74, 6) is 5.82. The van der Waals surface area contributed by atoms with Gasteiger partial charge in [0.05, 0.1) is 6.04 Å². The van der Waals surface area contributed by atoms with Crippen LogP contribution in [-0.4, -0.2) is 0 Å². The van der Waals surface area contributed by atoms with Crippen LogP contribution in [0.15, 0.2) is 30.3 Å². The zero-order valence-corrected chi connectivity index (χ0v) is 13.2. The largest absolute Gasteiger partial charge is 0.271 e. The van der Waals surface area contributed by atoms with E-state index in [0.717, 1.165) is 10.6 Å². The summed E-state index contributed by atoms with van der Waals surface area (Å²) in [6.45, 7) is 8.44. The number of hydrogen-bond donors (Lipinski definition) is 2. The molecule has 0 saturated heterocycles. The van der Waals surface area contributed by atoms with Gasteiger partial charge in [0, 0.05) is 5.02 Å². The first kappa shape index (κ1) is 15.0. The molecule has 0 aromatic heterocycles. The van der Waals surface area contributed by atoms with Gasteiger partial charge in [-0.3, -0.25) is 5.84 Å². The van der Waals surface area contributed by atoms with Crippen LogP contribution in [0, 0.1) is 27.7 Å². The highest BCUT2D eigenvalue weighted by atomic mass is 35.5. The van der Waals surface area contributed by atoms with Crippen LogP contribution in [-0.2, 0) is 0 Å². The summed E-state index contributed by atoms with van der Waals surface area (Å²) in [5, 5.41) is 0.729. The topological polar surface area (TPSA) is 38.0 Å². The number of rotatable bonds is 3. The first-order chi connectivity index (χ1) is 9.43. The van der Waals surface area contributed by atoms with Crippen molar-refractivity contribution in [3.63, 3.8) is 0 Å². The molecule has 106 valence electrons. The summed E-state index contributed by atoms with van der Waals surface area (Å²) in [6, 6.07) is 10.3. The molecule has 0 radical (unpaired) electrons. The van der Waals surface area contributed by atoms with Gasteiger partial charge in [-0.25, -0.2) is 5.43 Å². The molecule has 0 aliphatic heterocycles. The Bertz CT molecular complexity index is 635. The number of aryl methyl sites for hydroxylation is 4. The second kappa shape index (κ2) is 5.96. The van der Waals surface area contributed by atoms with Gasteiger partial charge >= 0.3 is 0 Å². The summed E-state index contributed by atoms with van der Waals surface area (Å²) in [6.07, 6.45) is 0. The molecule has 0 bridgehead atoms. The highest BCUT2D eigenvalue weighted by Crippen LogP contribution is 2.30. The third-order valence-corrected chi connectivity index (χ3v) is 4.15. The van der Waals surface area contributed by atoms with Gasteiger partial charge in [-0.05, 0) is 73.2 Å². The van der Waals surface area contributed by atoms with Gasteiger partial charge in [0.25, 0.3) is 0 Å². The average Bonchev–Trinajstić information content (AvgIpc) is 2.40. The highest BCUT2D eigenvalue weighted by Gasteiger charge is 2.17. The normalized spacial score (nSPS) is 12.5. The Morgan fingerprint density at radius 2 is 1.45 bits per heavy atom. The Morgan fingerprint density at radius 3 is 2.10 bits per heavy atom. The molecule has 20 heavy (non-hydrogen) atoms. The fourth-order valence-electron chi connectivity index (χ4n) is 2.56. The van der Waals surface area contributed by atoms with E-state index < -0.39 is 0 Å². The maximum Gasteiger partial charge on any atom is 0.0715 e. The quantitative estimate of drug-likeness (QED) is 0.658. The van der Waals surface area contributed by atoms with E-state index in [0.29, 0.717) is 0 Å². The molecule has 2 rings (SSSR count). The molecular formula is C17H21ClN2. The minimum Gasteiger partial charge on any atom is -0.271 e. The van der Waals surface area contributed by atoms with Crippen LogP contribution in [0.1, 0.15) is 39.4 Å². The lowest BCUT2D eigenvalue weighted by atomic mass is 9.90. The molecule has 3 N–H and O–H groups in total. The predicted molar refractivity (Wildman–Crippen MR) is 86.0 cm³/mol. The first-order valence-corrected chi connectivity index (χ1v) is 7.11. The number of nitrogens with one attached hydrogen (secondary N) is 1. The molecule has 0 saturated carbocycles. The summed E-state index contributed by atoms with van der Waals surface area (Å²) in [7, 11) is 0. The van der Waals surface area contributed by atoms with Crippen molar-refractivity contribution in [2.45, 2.75) is 33.7 Å². The Labute approximate surface area is 125 Å². The smallest absolute Gasteiger partial charge is 0.0715 e. The van der Waals surface area contributed by atoms with E-state index in [4.69, 9.17) is 17.4 Å². The van der Waals surface area contributed by atoms with E-state index in [1.807, 2.05) is 18.2 Å². The lowest BCUT2D eigenvalue weighted by molar-refractivity contribution is 0.630. The third-order valence-electron chi connectivity index (χ3n) is 3.91. The maximum atomic E-state index is 6.13. The van der Waals surface area contributed by atoms with Crippen molar-refractivity contribution in [3.8, 4) is 0 Å². The van der Waals surface area contributed by atoms with Crippen LogP contribution in [0.2, 0.25) is 5.02 Å². The van der Waals surface area contributed by atoms with Gasteiger partial charge in [0.15, 0.2) is 0 Å². The molecule has 2 nitrogen and oxygen atoms in total. The van der Waals surface area contributed by atoms with Crippen molar-refractivity contribution in [1.29, 1.82) is 0 Å². The SMILES string of the molecule is Cc1cc(C)c(C(NN)c2cc(Cl)ccc2C)cc1C. The molecule has 0 aliphatic rings. The predicted octanol–water partition coefficient (Wildman–Crippen LogP) is 4.13. The summed E-state index contributed by atoms with van der Waals surface area (Å²) < 4.78 is 0. The maximum absolute atomic E-state index is 6.13. The Morgan fingerprint density at radius 1 is 0.850 bits per heavy atom. The van der Waals surface area contributed by atoms with Gasteiger partial charge in [0.2, 0.25) is 0 Å².